The summed E-state index contributed by atoms with van der Waals surface area (Å²) in [6.45, 7) is 7.57. The van der Waals surface area contributed by atoms with E-state index in [0.29, 0.717) is 24.1 Å². The van der Waals surface area contributed by atoms with Gasteiger partial charge in [-0.15, -0.1) is 0 Å². The predicted molar refractivity (Wildman–Crippen MR) is 337 cm³/mol. The van der Waals surface area contributed by atoms with Gasteiger partial charge in [0.15, 0.2) is 0 Å². The van der Waals surface area contributed by atoms with Crippen molar-refractivity contribution in [2.75, 3.05) is 37.4 Å². The van der Waals surface area contributed by atoms with Crippen molar-refractivity contribution < 1.29 is 63.1 Å². The molecule has 472 valence electrons. The zero-order valence-corrected chi connectivity index (χ0v) is 50.2. The number of ether oxygens (including phenoxy) is 2. The highest BCUT2D eigenvalue weighted by atomic mass is 16.6. The van der Waals surface area contributed by atoms with Crippen LogP contribution in [0, 0.1) is 11.8 Å². The van der Waals surface area contributed by atoms with E-state index in [0.717, 1.165) is 55.8 Å². The molecule has 6 aromatic rings. The van der Waals surface area contributed by atoms with Crippen LogP contribution in [0.3, 0.4) is 0 Å². The number of carbonyl (C=O) groups excluding carboxylic acids is 7. The molecule has 0 radical (unpaired) electrons. The Kier molecular flexibility index (Phi) is 25.9. The molecule has 8 rings (SSSR count). The number of hydrogen-bond acceptors (Lipinski definition) is 13. The molecule has 0 fully saturated rings. The van der Waals surface area contributed by atoms with Crippen LogP contribution in [0.15, 0.2) is 146 Å². The maximum absolute atomic E-state index is 13.4. The molecule has 23 heteroatoms. The third-order valence-electron chi connectivity index (χ3n) is 14.9. The molecule has 0 saturated heterocycles. The van der Waals surface area contributed by atoms with Gasteiger partial charge in [-0.05, 0) is 117 Å². The Hall–Kier alpha value is -10.0. The van der Waals surface area contributed by atoms with E-state index in [1.54, 1.807) is 76.2 Å². The molecule has 4 atom stereocenters. The first-order valence-electron chi connectivity index (χ1n) is 29.3. The van der Waals surface area contributed by atoms with Crippen LogP contribution in [0.2, 0.25) is 0 Å². The fourth-order valence-corrected chi connectivity index (χ4v) is 10.2. The number of rotatable bonds is 25. The van der Waals surface area contributed by atoms with Crippen molar-refractivity contribution in [2.24, 2.45) is 23.3 Å². The number of aliphatic hydroxyl groups excluding tert-OH is 2. The van der Waals surface area contributed by atoms with Crippen LogP contribution in [0.5, 0.6) is 0 Å². The number of fused-ring (bicyclic) bond motifs is 6. The van der Waals surface area contributed by atoms with E-state index in [2.05, 4.69) is 37.2 Å². The van der Waals surface area contributed by atoms with E-state index in [9.17, 15) is 48.6 Å². The lowest BCUT2D eigenvalue weighted by Gasteiger charge is -2.25. The highest BCUT2D eigenvalue weighted by molar-refractivity contribution is 5.98. The van der Waals surface area contributed by atoms with E-state index in [4.69, 9.17) is 31.8 Å². The van der Waals surface area contributed by atoms with Crippen molar-refractivity contribution in [3.8, 4) is 22.3 Å². The average molecular weight is 1220 g/mol. The SMILES string of the molecule is CC(C)[C@H](NC(=O)OCC1c2ccccc2-c2ccccc21)C(=O)N[C@@H](CCCNC(N)=O)C(=O)Nc1ccc(CO)cc1.CC(C)[C@H](NC(=O)OCC1c2ccccc2-c2ccccc21)C(=O)N[C@@H](CCCNC(N)=O)C(=O)O.Nc1ccc(CO)cc1. The number of amides is 9. The number of carboxylic acid groups (broad SMARTS) is 1. The van der Waals surface area contributed by atoms with Gasteiger partial charge >= 0.3 is 30.2 Å². The molecule has 0 aromatic heterocycles. The van der Waals surface area contributed by atoms with Crippen LogP contribution in [-0.4, -0.2) is 114 Å². The van der Waals surface area contributed by atoms with E-state index in [-0.39, 0.29) is 76.0 Å². The van der Waals surface area contributed by atoms with Crippen LogP contribution in [0.4, 0.5) is 30.6 Å². The van der Waals surface area contributed by atoms with Crippen molar-refractivity contribution in [2.45, 2.75) is 103 Å². The summed E-state index contributed by atoms with van der Waals surface area (Å²) in [6.07, 6.45) is -0.567. The summed E-state index contributed by atoms with van der Waals surface area (Å²) in [5, 5.41) is 45.4. The first kappa shape index (κ1) is 68.1. The second kappa shape index (κ2) is 33.8. The van der Waals surface area contributed by atoms with Gasteiger partial charge in [0.2, 0.25) is 17.7 Å². The lowest BCUT2D eigenvalue weighted by Crippen LogP contribution is -2.54. The number of carbonyl (C=O) groups is 8. The smallest absolute Gasteiger partial charge is 0.407 e. The van der Waals surface area contributed by atoms with Crippen LogP contribution >= 0.6 is 0 Å². The van der Waals surface area contributed by atoms with E-state index in [1.165, 1.54) is 0 Å². The van der Waals surface area contributed by atoms with E-state index in [1.807, 2.05) is 97.1 Å². The van der Waals surface area contributed by atoms with E-state index < -0.39 is 72.1 Å². The third kappa shape index (κ3) is 20.0. The summed E-state index contributed by atoms with van der Waals surface area (Å²) >= 11 is 0. The number of urea groups is 2. The molecule has 0 spiro atoms. The number of aliphatic carboxylic acids is 1. The minimum Gasteiger partial charge on any atom is -0.480 e. The maximum Gasteiger partial charge on any atom is 0.407 e. The molecule has 0 unspecified atom stereocenters. The lowest BCUT2D eigenvalue weighted by atomic mass is 9.98. The topological polar surface area (TPSA) is 378 Å². The molecule has 16 N–H and O–H groups in total. The minimum absolute atomic E-state index is 0.0805. The number of anilines is 2. The number of primary amides is 2. The summed E-state index contributed by atoms with van der Waals surface area (Å²) in [5.41, 5.74) is 27.0. The molecule has 0 saturated carbocycles. The Morgan fingerprint density at radius 3 is 1.17 bits per heavy atom. The summed E-state index contributed by atoms with van der Waals surface area (Å²) in [4.78, 5) is 98.5. The summed E-state index contributed by atoms with van der Waals surface area (Å²) in [7, 11) is 0. The van der Waals surface area contributed by atoms with E-state index >= 15 is 0 Å². The monoisotopic (exact) mass is 1220 g/mol. The summed E-state index contributed by atoms with van der Waals surface area (Å²) in [6, 6.07) is 40.2. The number of aliphatic hydroxyl groups is 2. The second-order valence-electron chi connectivity index (χ2n) is 22.0. The molecule has 2 aliphatic carbocycles. The quantitative estimate of drug-likeness (QED) is 0.0204. The number of hydrogen-bond donors (Lipinski definition) is 13. The van der Waals surface area contributed by atoms with Gasteiger partial charge in [-0.3, -0.25) is 14.4 Å². The number of nitrogen functional groups attached to an aromatic ring is 1. The molecule has 0 heterocycles. The average Bonchev–Trinajstić information content (AvgIpc) is 1.69. The Bertz CT molecular complexity index is 3290. The number of nitrogens with two attached hydrogens (primary N) is 3. The minimum atomic E-state index is -1.22. The molecule has 9 amide bonds. The zero-order valence-electron chi connectivity index (χ0n) is 50.2. The normalized spacial score (nSPS) is 13.1. The number of alkyl carbamates (subject to hydrolysis) is 2. The fourth-order valence-electron chi connectivity index (χ4n) is 10.2. The number of carboxylic acids is 1. The molecule has 2 aliphatic rings. The fraction of sp³-hybridized carbons (Fsp3) is 0.333. The van der Waals surface area contributed by atoms with Gasteiger partial charge in [-0.25, -0.2) is 24.0 Å². The van der Waals surface area contributed by atoms with Gasteiger partial charge in [-0.2, -0.15) is 0 Å². The standard InChI is InChI=1S/C33H39N5O6.C26H32N4O6.C7H9NO/c1-20(2)29(38-33(43)44-19-27-25-10-5-3-8-23(25)24-9-4-6-11-26(24)27)31(41)37-28(12-7-17-35-32(34)42)30(40)36-22-15-13-21(18-39)14-16-22;1-15(2)22(23(31)29-21(24(32)33)12-7-13-28-25(27)34)30-26(35)36-14-20-18-10-5-3-8-16(18)17-9-4-6-11-19(17)20;8-7-3-1-6(5-9)2-4-7/h3-6,8-11,13-16,20,27-29,39H,7,12,17-19H2,1-2H3,(H,36,40)(H,37,41)(H,38,43)(H3,34,35,42);3-6,8-11,15,20-22H,7,12-14H2,1-2H3,(H,29,31)(H,30,35)(H,32,33)(H3,27,28,34);1-4,9H,5,8H2/t28-,29-;21-,22-;/m00./s1. The summed E-state index contributed by atoms with van der Waals surface area (Å²) in [5.74, 6) is -3.77. The Morgan fingerprint density at radius 2 is 0.820 bits per heavy atom. The molecular weight excluding hydrogens is 1140 g/mol. The van der Waals surface area contributed by atoms with Gasteiger partial charge in [-0.1, -0.05) is 149 Å². The molecule has 6 aromatic carbocycles. The molecule has 23 nitrogen and oxygen atoms in total. The van der Waals surface area contributed by atoms with Crippen molar-refractivity contribution >= 4 is 59.3 Å². The van der Waals surface area contributed by atoms with Gasteiger partial charge in [0.1, 0.15) is 37.4 Å². The first-order chi connectivity index (χ1) is 42.7. The maximum atomic E-state index is 13.4. The van der Waals surface area contributed by atoms with Gasteiger partial charge < -0.3 is 79.2 Å². The third-order valence-corrected chi connectivity index (χ3v) is 14.9. The predicted octanol–water partition coefficient (Wildman–Crippen LogP) is 6.94. The second-order valence-corrected chi connectivity index (χ2v) is 22.0. The molecular formula is C66H80N10O13. The van der Waals surface area contributed by atoms with Gasteiger partial charge in [0, 0.05) is 36.3 Å². The molecule has 0 bridgehead atoms. The molecule has 89 heavy (non-hydrogen) atoms. The highest BCUT2D eigenvalue weighted by Crippen LogP contribution is 2.45. The number of benzene rings is 6. The summed E-state index contributed by atoms with van der Waals surface area (Å²) < 4.78 is 11.2. The van der Waals surface area contributed by atoms with Crippen LogP contribution in [0.25, 0.3) is 22.3 Å². The zero-order chi connectivity index (χ0) is 64.6. The van der Waals surface area contributed by atoms with Crippen molar-refractivity contribution in [3.63, 3.8) is 0 Å². The lowest BCUT2D eigenvalue weighted by molar-refractivity contribution is -0.142. The van der Waals surface area contributed by atoms with Gasteiger partial charge in [0.25, 0.3) is 0 Å². The van der Waals surface area contributed by atoms with Crippen molar-refractivity contribution in [1.29, 1.82) is 0 Å². The van der Waals surface area contributed by atoms with Crippen LogP contribution in [0.1, 0.15) is 98.6 Å². The highest BCUT2D eigenvalue weighted by Gasteiger charge is 2.34. The molecule has 0 aliphatic heterocycles. The van der Waals surface area contributed by atoms with Gasteiger partial charge in [0.05, 0.1) is 13.2 Å². The largest absolute Gasteiger partial charge is 0.480 e. The Morgan fingerprint density at radius 1 is 0.472 bits per heavy atom. The Labute approximate surface area is 516 Å². The van der Waals surface area contributed by atoms with Crippen LogP contribution < -0.4 is 54.4 Å². The van der Waals surface area contributed by atoms with Crippen molar-refractivity contribution in [3.05, 3.63) is 179 Å². The first-order valence-corrected chi connectivity index (χ1v) is 29.3. The number of nitrogens with one attached hydrogen (secondary N) is 7. The van der Waals surface area contributed by atoms with Crippen LogP contribution in [-0.2, 0) is 41.9 Å². The Balaban J connectivity index is 0.000000252. The van der Waals surface area contributed by atoms with Crippen molar-refractivity contribution in [1.82, 2.24) is 31.9 Å².